The first-order valence-electron chi connectivity index (χ1n) is 12.1. The maximum absolute atomic E-state index is 13.8. The molecular formula is C31H26N2O3. The minimum Gasteiger partial charge on any atom is -0.478 e. The van der Waals surface area contributed by atoms with Gasteiger partial charge in [0.05, 0.1) is 18.1 Å². The van der Waals surface area contributed by atoms with E-state index in [1.165, 1.54) is 0 Å². The summed E-state index contributed by atoms with van der Waals surface area (Å²) < 4.78 is 0. The van der Waals surface area contributed by atoms with Crippen LogP contribution in [-0.2, 0) is 11.2 Å². The number of nitrogens with one attached hydrogen (secondary N) is 1. The highest BCUT2D eigenvalue weighted by molar-refractivity contribution is 6.00. The van der Waals surface area contributed by atoms with Crippen molar-refractivity contribution in [1.82, 2.24) is 0 Å². The second-order valence-corrected chi connectivity index (χ2v) is 9.38. The lowest BCUT2D eigenvalue weighted by Crippen LogP contribution is -2.23. The Bertz CT molecular complexity index is 1490. The molecule has 4 aromatic carbocycles. The van der Waals surface area contributed by atoms with E-state index in [9.17, 15) is 14.7 Å². The summed E-state index contributed by atoms with van der Waals surface area (Å²) in [7, 11) is 0. The molecule has 1 atom stereocenters. The van der Waals surface area contributed by atoms with Crippen molar-refractivity contribution < 1.29 is 14.7 Å². The van der Waals surface area contributed by atoms with Gasteiger partial charge in [0.1, 0.15) is 0 Å². The third kappa shape index (κ3) is 4.99. The number of benzene rings is 4. The van der Waals surface area contributed by atoms with Crippen LogP contribution in [0.15, 0.2) is 84.9 Å². The smallest absolute Gasteiger partial charge is 0.335 e. The quantitative estimate of drug-likeness (QED) is 0.265. The molecule has 1 unspecified atom stereocenters. The molecule has 5 rings (SSSR count). The number of carboxylic acids is 1. The number of carboxylic acid groups (broad SMARTS) is 1. The lowest BCUT2D eigenvalue weighted by molar-refractivity contribution is -0.117. The molecular weight excluding hydrogens is 448 g/mol. The van der Waals surface area contributed by atoms with Crippen molar-refractivity contribution in [2.45, 2.75) is 31.6 Å². The van der Waals surface area contributed by atoms with E-state index < -0.39 is 5.97 Å². The Morgan fingerprint density at radius 2 is 1.69 bits per heavy atom. The fourth-order valence-corrected chi connectivity index (χ4v) is 4.83. The summed E-state index contributed by atoms with van der Waals surface area (Å²) in [4.78, 5) is 29.1. The molecule has 1 saturated carbocycles. The van der Waals surface area contributed by atoms with Gasteiger partial charge in [-0.2, -0.15) is 0 Å². The van der Waals surface area contributed by atoms with Crippen LogP contribution in [0.5, 0.6) is 0 Å². The van der Waals surface area contributed by atoms with Gasteiger partial charge in [-0.3, -0.25) is 4.79 Å². The third-order valence-electron chi connectivity index (χ3n) is 6.89. The van der Waals surface area contributed by atoms with Crippen molar-refractivity contribution in [3.8, 4) is 0 Å². The van der Waals surface area contributed by atoms with Gasteiger partial charge in [-0.25, -0.2) is 9.64 Å². The van der Waals surface area contributed by atoms with Crippen molar-refractivity contribution in [3.63, 3.8) is 0 Å². The highest BCUT2D eigenvalue weighted by atomic mass is 16.4. The lowest BCUT2D eigenvalue weighted by Gasteiger charge is -2.21. The number of hydrogen-bond acceptors (Lipinski definition) is 2. The maximum Gasteiger partial charge on any atom is 0.335 e. The average molecular weight is 475 g/mol. The molecule has 178 valence electrons. The Morgan fingerprint density at radius 1 is 0.944 bits per heavy atom. The van der Waals surface area contributed by atoms with Gasteiger partial charge in [0.15, 0.2) is 5.69 Å². The van der Waals surface area contributed by atoms with Crippen molar-refractivity contribution >= 4 is 34.0 Å². The van der Waals surface area contributed by atoms with Gasteiger partial charge < -0.3 is 10.4 Å². The molecule has 0 heterocycles. The summed E-state index contributed by atoms with van der Waals surface area (Å²) in [5, 5.41) is 14.9. The van der Waals surface area contributed by atoms with E-state index in [-0.39, 0.29) is 17.4 Å². The number of fused-ring (bicyclic) bond motifs is 1. The number of amides is 1. The van der Waals surface area contributed by atoms with Crippen LogP contribution >= 0.6 is 0 Å². The minimum absolute atomic E-state index is 0.104. The molecule has 5 heteroatoms. The van der Waals surface area contributed by atoms with Crippen molar-refractivity contribution in [2.75, 3.05) is 5.32 Å². The van der Waals surface area contributed by atoms with E-state index in [4.69, 9.17) is 6.57 Å². The Kier molecular flexibility index (Phi) is 6.51. The average Bonchev–Trinajstić information content (AvgIpc) is 3.72. The first-order valence-corrected chi connectivity index (χ1v) is 12.1. The SMILES string of the molecule is [C-]#[N+]c1ccc(Cc2ccccc2C(=O)O)c(NC(=O)C(CC2CC2)c2cccc3ccccc23)c1. The number of carbonyl (C=O) groups excluding carboxylic acids is 1. The summed E-state index contributed by atoms with van der Waals surface area (Å²) >= 11 is 0. The first kappa shape index (κ1) is 23.3. The van der Waals surface area contributed by atoms with Crippen molar-refractivity contribution in [2.24, 2.45) is 5.92 Å². The van der Waals surface area contributed by atoms with Gasteiger partial charge in [-0.05, 0) is 51.9 Å². The van der Waals surface area contributed by atoms with E-state index in [0.29, 0.717) is 29.3 Å². The zero-order valence-corrected chi connectivity index (χ0v) is 19.8. The molecule has 2 N–H and O–H groups in total. The maximum atomic E-state index is 13.8. The molecule has 1 amide bonds. The van der Waals surface area contributed by atoms with Crippen LogP contribution in [0.2, 0.25) is 0 Å². The van der Waals surface area contributed by atoms with Crippen LogP contribution in [0, 0.1) is 12.5 Å². The Morgan fingerprint density at radius 3 is 2.47 bits per heavy atom. The first-order chi connectivity index (χ1) is 17.5. The van der Waals surface area contributed by atoms with E-state index >= 15 is 0 Å². The molecule has 0 bridgehead atoms. The normalized spacial score (nSPS) is 13.6. The van der Waals surface area contributed by atoms with Gasteiger partial charge in [-0.15, -0.1) is 0 Å². The molecule has 5 nitrogen and oxygen atoms in total. The zero-order chi connectivity index (χ0) is 25.1. The highest BCUT2D eigenvalue weighted by Crippen LogP contribution is 2.41. The number of hydrogen-bond donors (Lipinski definition) is 2. The van der Waals surface area contributed by atoms with E-state index in [1.54, 1.807) is 42.5 Å². The molecule has 0 aliphatic heterocycles. The van der Waals surface area contributed by atoms with Gasteiger partial charge >= 0.3 is 5.97 Å². The van der Waals surface area contributed by atoms with Gasteiger partial charge in [0.2, 0.25) is 5.91 Å². The summed E-state index contributed by atoms with van der Waals surface area (Å²) in [6, 6.07) is 26.3. The van der Waals surface area contributed by atoms with Gasteiger partial charge in [0, 0.05) is 12.1 Å². The number of nitrogens with zero attached hydrogens (tertiary/aromatic N) is 1. The van der Waals surface area contributed by atoms with Crippen LogP contribution < -0.4 is 5.32 Å². The largest absolute Gasteiger partial charge is 0.478 e. The fourth-order valence-electron chi connectivity index (χ4n) is 4.83. The molecule has 1 aliphatic rings. The molecule has 0 radical (unpaired) electrons. The third-order valence-corrected chi connectivity index (χ3v) is 6.89. The Hall–Kier alpha value is -4.43. The minimum atomic E-state index is -0.991. The Labute approximate surface area is 210 Å². The molecule has 1 fully saturated rings. The topological polar surface area (TPSA) is 70.8 Å². The predicted molar refractivity (Wildman–Crippen MR) is 142 cm³/mol. The fraction of sp³-hybridized carbons (Fsp3) is 0.194. The van der Waals surface area contributed by atoms with Crippen LogP contribution in [0.4, 0.5) is 11.4 Å². The number of rotatable bonds is 8. The Balaban J connectivity index is 1.50. The highest BCUT2D eigenvalue weighted by Gasteiger charge is 2.31. The summed E-state index contributed by atoms with van der Waals surface area (Å²) in [6.45, 7) is 7.45. The molecule has 0 saturated heterocycles. The van der Waals surface area contributed by atoms with E-state index in [2.05, 4.69) is 28.4 Å². The van der Waals surface area contributed by atoms with Crippen molar-refractivity contribution in [3.05, 3.63) is 119 Å². The molecule has 0 aromatic heterocycles. The predicted octanol–water partition coefficient (Wildman–Crippen LogP) is 7.20. The van der Waals surface area contributed by atoms with Crippen LogP contribution in [0.25, 0.3) is 15.6 Å². The summed E-state index contributed by atoms with van der Waals surface area (Å²) in [5.74, 6) is -0.877. The number of carbonyl (C=O) groups is 2. The van der Waals surface area contributed by atoms with Crippen LogP contribution in [0.1, 0.15) is 52.2 Å². The number of anilines is 1. The van der Waals surface area contributed by atoms with Gasteiger partial charge in [-0.1, -0.05) is 85.6 Å². The monoisotopic (exact) mass is 474 g/mol. The summed E-state index contributed by atoms with van der Waals surface area (Å²) in [5.41, 5.74) is 3.63. The zero-order valence-electron chi connectivity index (χ0n) is 19.8. The van der Waals surface area contributed by atoms with E-state index in [0.717, 1.165) is 41.2 Å². The second-order valence-electron chi connectivity index (χ2n) is 9.38. The standard InChI is InChI=1S/C31H26N2O3/c1-32-24-16-15-23(18-22-8-3-5-11-26(22)31(35)36)29(19-24)33-30(34)28(17-20-13-14-20)27-12-6-9-21-7-2-4-10-25(21)27/h2-12,15-16,19-20,28H,13-14,17-18H2,(H,33,34)(H,35,36). The molecule has 4 aromatic rings. The van der Waals surface area contributed by atoms with E-state index in [1.807, 2.05) is 24.3 Å². The molecule has 0 spiro atoms. The number of aromatic carboxylic acids is 1. The lowest BCUT2D eigenvalue weighted by atomic mass is 9.88. The molecule has 36 heavy (non-hydrogen) atoms. The molecule has 1 aliphatic carbocycles. The van der Waals surface area contributed by atoms with Gasteiger partial charge in [0.25, 0.3) is 0 Å². The van der Waals surface area contributed by atoms with Crippen molar-refractivity contribution in [1.29, 1.82) is 0 Å². The second kappa shape index (κ2) is 10.1. The summed E-state index contributed by atoms with van der Waals surface area (Å²) in [6.07, 6.45) is 3.38. The van der Waals surface area contributed by atoms with Crippen LogP contribution in [0.3, 0.4) is 0 Å². The van der Waals surface area contributed by atoms with Crippen LogP contribution in [-0.4, -0.2) is 17.0 Å².